The number of hydroxylamine groups is 4. The molecule has 4 heteroatoms. The summed E-state index contributed by atoms with van der Waals surface area (Å²) in [5.41, 5.74) is 0. The zero-order chi connectivity index (χ0) is 8.08. The van der Waals surface area contributed by atoms with E-state index in [4.69, 9.17) is 10.4 Å². The van der Waals surface area contributed by atoms with Gasteiger partial charge in [0.25, 0.3) is 0 Å². The molecule has 0 aliphatic rings. The summed E-state index contributed by atoms with van der Waals surface area (Å²) in [5, 5.41) is 16.2. The Balaban J connectivity index is 0. The highest BCUT2D eigenvalue weighted by molar-refractivity contribution is 5.13. The molecule has 0 saturated carbocycles. The molecule has 0 amide bonds. The van der Waals surface area contributed by atoms with Gasteiger partial charge in [-0.05, 0) is 4.74 Å². The van der Waals surface area contributed by atoms with Crippen molar-refractivity contribution in [1.82, 2.24) is 0 Å². The van der Waals surface area contributed by atoms with Crippen LogP contribution in [0.15, 0.2) is 0 Å². The van der Waals surface area contributed by atoms with E-state index >= 15 is 0 Å². The average Bonchev–Trinajstić information content (AvgIpc) is 1.19. The first-order chi connectivity index (χ1) is 3.73. The van der Waals surface area contributed by atoms with E-state index in [9.17, 15) is 0 Å². The quantitative estimate of drug-likeness (QED) is 0.159. The van der Waals surface area contributed by atoms with Crippen molar-refractivity contribution in [2.24, 2.45) is 0 Å². The highest BCUT2D eigenvalue weighted by atomic mass is 16.5. The van der Waals surface area contributed by atoms with Crippen LogP contribution in [0.5, 0.6) is 0 Å². The average molecular weight is 136 g/mol. The van der Waals surface area contributed by atoms with Crippen LogP contribution in [0, 0.1) is 0 Å². The van der Waals surface area contributed by atoms with Crippen LogP contribution in [0.3, 0.4) is 0 Å². The second kappa shape index (κ2) is 4.29. The Labute approximate surface area is 55.8 Å². The first-order valence-electron chi connectivity index (χ1n) is 2.51. The van der Waals surface area contributed by atoms with Crippen molar-refractivity contribution in [3.8, 4) is 0 Å². The molecule has 0 unspecified atom stereocenters. The Kier molecular flexibility index (Phi) is 5.34. The van der Waals surface area contributed by atoms with E-state index in [1.54, 1.807) is 21.1 Å². The van der Waals surface area contributed by atoms with E-state index < -0.39 is 0 Å². The molecule has 0 atom stereocenters. The molecule has 0 aliphatic heterocycles. The van der Waals surface area contributed by atoms with Gasteiger partial charge in [-0.3, -0.25) is 5.21 Å². The second-order valence-corrected chi connectivity index (χ2v) is 2.60. The molecule has 0 rings (SSSR count). The number of rotatable bonds is 0. The van der Waals surface area contributed by atoms with Crippen molar-refractivity contribution in [2.75, 3.05) is 28.2 Å². The van der Waals surface area contributed by atoms with Crippen LogP contribution < -0.4 is 0 Å². The summed E-state index contributed by atoms with van der Waals surface area (Å²) < 4.78 is 0.750. The smallest absolute Gasteiger partial charge is 0.182 e. The lowest BCUT2D eigenvalue weighted by atomic mass is 11.0. The fraction of sp³-hybridized carbons (Fsp3) is 0.800. The van der Waals surface area contributed by atoms with Gasteiger partial charge in [-0.1, -0.05) is 0 Å². The Morgan fingerprint density at radius 2 is 1.33 bits per heavy atom. The third-order valence-corrected chi connectivity index (χ3v) is 0. The predicted octanol–water partition coefficient (Wildman–Crippen LogP) is -0.200. The zero-order valence-corrected chi connectivity index (χ0v) is 6.50. The number of hydrogen-bond donors (Lipinski definition) is 2. The molecular formula is C5H16N2O2+2. The third-order valence-electron chi connectivity index (χ3n) is 0. The molecule has 0 radical (unpaired) electrons. The molecule has 0 aromatic carbocycles. The minimum Gasteiger partial charge on any atom is -0.292 e. The monoisotopic (exact) mass is 136 g/mol. The maximum Gasteiger partial charge on any atom is 0.182 e. The first-order valence-corrected chi connectivity index (χ1v) is 2.51. The number of hydrogen-bond acceptors (Lipinski definition) is 2. The molecule has 0 aromatic heterocycles. The zero-order valence-electron chi connectivity index (χ0n) is 6.50. The Morgan fingerprint density at radius 1 is 1.33 bits per heavy atom. The van der Waals surface area contributed by atoms with Crippen LogP contribution in [0.1, 0.15) is 0 Å². The van der Waals surface area contributed by atoms with Gasteiger partial charge in [0, 0.05) is 0 Å². The van der Waals surface area contributed by atoms with Gasteiger partial charge in [-0.15, -0.1) is 0 Å². The van der Waals surface area contributed by atoms with Gasteiger partial charge in [0.1, 0.15) is 0 Å². The standard InChI is InChI=1S/C3H10NO.C2H6NO/c1-4(2,3)5;1-3(2)4/h5H,1-3H3;4H,1H2,2H3/q2*+1. The van der Waals surface area contributed by atoms with Gasteiger partial charge in [0.15, 0.2) is 13.8 Å². The van der Waals surface area contributed by atoms with Crippen LogP contribution in [-0.4, -0.2) is 54.7 Å². The summed E-state index contributed by atoms with van der Waals surface area (Å²) in [6.07, 6.45) is 0. The summed E-state index contributed by atoms with van der Waals surface area (Å²) in [5.74, 6) is 0. The molecule has 2 N–H and O–H groups in total. The van der Waals surface area contributed by atoms with Crippen molar-refractivity contribution < 1.29 is 19.8 Å². The van der Waals surface area contributed by atoms with Gasteiger partial charge >= 0.3 is 0 Å². The van der Waals surface area contributed by atoms with E-state index in [0.29, 0.717) is 0 Å². The molecule has 4 nitrogen and oxygen atoms in total. The lowest BCUT2D eigenvalue weighted by Crippen LogP contribution is -2.28. The highest BCUT2D eigenvalue weighted by Crippen LogP contribution is 1.72. The second-order valence-electron chi connectivity index (χ2n) is 2.60. The molecule has 0 saturated heterocycles. The fourth-order valence-electron chi connectivity index (χ4n) is 0. The number of nitrogens with zero attached hydrogens (tertiary/aromatic N) is 2. The summed E-state index contributed by atoms with van der Waals surface area (Å²) in [6.45, 7) is 3.03. The molecule has 0 bridgehead atoms. The van der Waals surface area contributed by atoms with Crippen molar-refractivity contribution in [1.29, 1.82) is 0 Å². The lowest BCUT2D eigenvalue weighted by molar-refractivity contribution is -1.06. The largest absolute Gasteiger partial charge is 0.292 e. The van der Waals surface area contributed by atoms with Crippen LogP contribution in [0.25, 0.3) is 0 Å². The minimum atomic E-state index is 0. The van der Waals surface area contributed by atoms with Crippen LogP contribution in [0.2, 0.25) is 0 Å². The van der Waals surface area contributed by atoms with E-state index in [1.807, 2.05) is 0 Å². The van der Waals surface area contributed by atoms with Crippen LogP contribution >= 0.6 is 0 Å². The molecule has 9 heavy (non-hydrogen) atoms. The van der Waals surface area contributed by atoms with Crippen LogP contribution in [-0.2, 0) is 0 Å². The number of quaternary nitrogens is 1. The molecule has 56 valence electrons. The molecule has 0 spiro atoms. The maximum atomic E-state index is 8.46. The van der Waals surface area contributed by atoms with E-state index in [1.165, 1.54) is 7.05 Å². The molecule has 0 heterocycles. The van der Waals surface area contributed by atoms with Gasteiger partial charge in [-0.25, -0.2) is 5.21 Å². The van der Waals surface area contributed by atoms with E-state index in [-0.39, 0.29) is 4.65 Å². The molecule has 0 aromatic rings. The summed E-state index contributed by atoms with van der Waals surface area (Å²) in [4.78, 5) is 0. The Hall–Kier alpha value is -0.610. The Bertz CT molecular complexity index is 75.4. The topological polar surface area (TPSA) is 43.5 Å². The van der Waals surface area contributed by atoms with E-state index in [2.05, 4.69) is 6.72 Å². The van der Waals surface area contributed by atoms with Crippen LogP contribution in [0.4, 0.5) is 0 Å². The van der Waals surface area contributed by atoms with Gasteiger partial charge in [0.05, 0.1) is 21.1 Å². The van der Waals surface area contributed by atoms with E-state index in [0.717, 1.165) is 4.74 Å². The van der Waals surface area contributed by atoms with Gasteiger partial charge in [0.2, 0.25) is 0 Å². The predicted molar refractivity (Wildman–Crippen MR) is 34.9 cm³/mol. The van der Waals surface area contributed by atoms with Gasteiger partial charge < -0.3 is 0 Å². The third kappa shape index (κ3) is 577. The first kappa shape index (κ1) is 11.2. The van der Waals surface area contributed by atoms with Crippen molar-refractivity contribution in [3.05, 3.63) is 0 Å². The fourth-order valence-corrected chi connectivity index (χ4v) is 0. The summed E-state index contributed by atoms with van der Waals surface area (Å²) in [7, 11) is 6.49. The molecule has 0 fully saturated rings. The van der Waals surface area contributed by atoms with Crippen molar-refractivity contribution in [2.45, 2.75) is 0 Å². The molecule has 0 aliphatic carbocycles. The molecular weight excluding hydrogens is 120 g/mol. The summed E-state index contributed by atoms with van der Waals surface area (Å²) in [6, 6.07) is 0. The van der Waals surface area contributed by atoms with Crippen molar-refractivity contribution in [3.63, 3.8) is 0 Å². The SMILES string of the molecule is C=[N+](C)O.C[N+](C)(C)O. The normalized spacial score (nSPS) is 9.44. The maximum absolute atomic E-state index is 8.46. The van der Waals surface area contributed by atoms with Gasteiger partial charge in [-0.2, -0.15) is 4.65 Å². The summed E-state index contributed by atoms with van der Waals surface area (Å²) >= 11 is 0. The highest BCUT2D eigenvalue weighted by Gasteiger charge is 1.92. The van der Waals surface area contributed by atoms with Crippen molar-refractivity contribution >= 4 is 6.72 Å². The Morgan fingerprint density at radius 3 is 1.33 bits per heavy atom. The minimum absolute atomic E-state index is 0. The lowest BCUT2D eigenvalue weighted by Gasteiger charge is -2.09.